The zero-order valence-corrected chi connectivity index (χ0v) is 20.8. The lowest BCUT2D eigenvalue weighted by Gasteiger charge is -2.26. The standard InChI is InChI=1S/C26H29ClN2O3S/c1-4-26(5-2)16-22-25(18-9-7-6-8-10-18)24(19-11-13-20(27)14-12-19)21(29(22)17-26)15-23(30)28-33(3,31)32/h6-14H,4-5,15-17H2,1-3H3,(H,28,30). The van der Waals surface area contributed by atoms with E-state index in [1.54, 1.807) is 0 Å². The average molecular weight is 485 g/mol. The molecule has 0 saturated carbocycles. The van der Waals surface area contributed by atoms with E-state index in [1.165, 1.54) is 5.69 Å². The maximum absolute atomic E-state index is 12.8. The van der Waals surface area contributed by atoms with Gasteiger partial charge in [-0.2, -0.15) is 0 Å². The Morgan fingerprint density at radius 2 is 1.61 bits per heavy atom. The predicted molar refractivity (Wildman–Crippen MR) is 134 cm³/mol. The first kappa shape index (κ1) is 23.6. The summed E-state index contributed by atoms with van der Waals surface area (Å²) in [7, 11) is -3.64. The molecule has 33 heavy (non-hydrogen) atoms. The van der Waals surface area contributed by atoms with E-state index in [0.717, 1.165) is 60.0 Å². The zero-order chi connectivity index (χ0) is 23.8. The summed E-state index contributed by atoms with van der Waals surface area (Å²) >= 11 is 6.17. The lowest BCUT2D eigenvalue weighted by Crippen LogP contribution is -2.31. The first-order valence-electron chi connectivity index (χ1n) is 11.2. The second-order valence-electron chi connectivity index (χ2n) is 8.96. The molecular formula is C26H29ClN2O3S. The van der Waals surface area contributed by atoms with Gasteiger partial charge in [-0.1, -0.05) is 67.9 Å². The maximum Gasteiger partial charge on any atom is 0.239 e. The maximum atomic E-state index is 12.8. The van der Waals surface area contributed by atoms with Gasteiger partial charge in [-0.3, -0.25) is 9.52 Å². The van der Waals surface area contributed by atoms with E-state index >= 15 is 0 Å². The number of nitrogens with one attached hydrogen (secondary N) is 1. The molecule has 0 radical (unpaired) electrons. The molecule has 5 nitrogen and oxygen atoms in total. The number of rotatable bonds is 7. The van der Waals surface area contributed by atoms with Crippen molar-refractivity contribution in [3.8, 4) is 22.3 Å². The molecule has 1 amide bonds. The molecule has 1 N–H and O–H groups in total. The molecule has 0 saturated heterocycles. The zero-order valence-electron chi connectivity index (χ0n) is 19.2. The molecule has 7 heteroatoms. The van der Waals surface area contributed by atoms with Crippen molar-refractivity contribution in [3.05, 3.63) is 71.0 Å². The summed E-state index contributed by atoms with van der Waals surface area (Å²) in [5.41, 5.74) is 6.30. The Morgan fingerprint density at radius 1 is 1.00 bits per heavy atom. The van der Waals surface area contributed by atoms with Crippen LogP contribution in [0.5, 0.6) is 0 Å². The summed E-state index contributed by atoms with van der Waals surface area (Å²) in [6.07, 6.45) is 3.96. The van der Waals surface area contributed by atoms with E-state index in [0.29, 0.717) is 5.02 Å². The molecule has 0 aliphatic carbocycles. The van der Waals surface area contributed by atoms with Gasteiger partial charge in [0, 0.05) is 34.1 Å². The molecule has 4 rings (SSSR count). The van der Waals surface area contributed by atoms with Crippen molar-refractivity contribution in [2.24, 2.45) is 5.41 Å². The lowest BCUT2D eigenvalue weighted by atomic mass is 9.79. The molecule has 2 aromatic carbocycles. The van der Waals surface area contributed by atoms with Crippen LogP contribution in [0.1, 0.15) is 38.1 Å². The van der Waals surface area contributed by atoms with Crippen LogP contribution in [0, 0.1) is 5.41 Å². The van der Waals surface area contributed by atoms with Gasteiger partial charge in [0.25, 0.3) is 0 Å². The van der Waals surface area contributed by atoms with Crippen molar-refractivity contribution in [1.82, 2.24) is 9.29 Å². The molecule has 1 aromatic heterocycles. The largest absolute Gasteiger partial charge is 0.346 e. The number of halogens is 1. The van der Waals surface area contributed by atoms with Crippen molar-refractivity contribution in [2.75, 3.05) is 6.26 Å². The van der Waals surface area contributed by atoms with E-state index in [1.807, 2.05) is 42.5 Å². The molecule has 0 bridgehead atoms. The van der Waals surface area contributed by atoms with Crippen LogP contribution in [0.2, 0.25) is 5.02 Å². The molecule has 1 aliphatic heterocycles. The Bertz CT molecular complexity index is 1280. The molecule has 174 valence electrons. The monoisotopic (exact) mass is 484 g/mol. The number of aromatic nitrogens is 1. The molecule has 0 unspecified atom stereocenters. The van der Waals surface area contributed by atoms with Crippen LogP contribution in [0.25, 0.3) is 22.3 Å². The summed E-state index contributed by atoms with van der Waals surface area (Å²) in [6.45, 7) is 5.24. The number of carbonyl (C=O) groups excluding carboxylic acids is 1. The number of fused-ring (bicyclic) bond motifs is 1. The Morgan fingerprint density at radius 3 is 2.18 bits per heavy atom. The summed E-state index contributed by atoms with van der Waals surface area (Å²) < 4.78 is 27.9. The van der Waals surface area contributed by atoms with Gasteiger partial charge < -0.3 is 4.57 Å². The highest BCUT2D eigenvalue weighted by atomic mass is 35.5. The van der Waals surface area contributed by atoms with Gasteiger partial charge in [0.05, 0.1) is 12.7 Å². The van der Waals surface area contributed by atoms with E-state index < -0.39 is 15.9 Å². The van der Waals surface area contributed by atoms with Crippen molar-refractivity contribution in [2.45, 2.75) is 46.1 Å². The van der Waals surface area contributed by atoms with E-state index in [-0.39, 0.29) is 11.8 Å². The minimum absolute atomic E-state index is 0.0195. The van der Waals surface area contributed by atoms with Crippen molar-refractivity contribution in [3.63, 3.8) is 0 Å². The van der Waals surface area contributed by atoms with Crippen LogP contribution in [-0.4, -0.2) is 25.1 Å². The van der Waals surface area contributed by atoms with Crippen LogP contribution in [0.15, 0.2) is 54.6 Å². The van der Waals surface area contributed by atoms with Gasteiger partial charge in [0.1, 0.15) is 0 Å². The number of carbonyl (C=O) groups is 1. The highest BCUT2D eigenvalue weighted by Crippen LogP contribution is 2.49. The topological polar surface area (TPSA) is 68.2 Å². The number of sulfonamides is 1. The normalized spacial score (nSPS) is 14.8. The average Bonchev–Trinajstić information content (AvgIpc) is 3.28. The highest BCUT2D eigenvalue weighted by Gasteiger charge is 2.40. The van der Waals surface area contributed by atoms with Crippen LogP contribution in [-0.2, 0) is 34.2 Å². The third kappa shape index (κ3) is 4.73. The molecule has 3 aromatic rings. The van der Waals surface area contributed by atoms with Crippen LogP contribution in [0.3, 0.4) is 0 Å². The van der Waals surface area contributed by atoms with Crippen LogP contribution < -0.4 is 4.72 Å². The number of hydrogen-bond donors (Lipinski definition) is 1. The summed E-state index contributed by atoms with van der Waals surface area (Å²) in [6, 6.07) is 17.8. The quantitative estimate of drug-likeness (QED) is 0.484. The molecular weight excluding hydrogens is 456 g/mol. The highest BCUT2D eigenvalue weighted by molar-refractivity contribution is 7.89. The SMILES string of the molecule is CCC1(CC)Cc2c(-c3ccccc3)c(-c3ccc(Cl)cc3)c(CC(=O)NS(C)(=O)=O)n2C1. The van der Waals surface area contributed by atoms with Gasteiger partial charge in [-0.25, -0.2) is 8.42 Å². The smallest absolute Gasteiger partial charge is 0.239 e. The first-order chi connectivity index (χ1) is 15.7. The minimum Gasteiger partial charge on any atom is -0.346 e. The number of hydrogen-bond acceptors (Lipinski definition) is 3. The number of benzene rings is 2. The van der Waals surface area contributed by atoms with Gasteiger partial charge in [-0.05, 0) is 47.9 Å². The van der Waals surface area contributed by atoms with E-state index in [9.17, 15) is 13.2 Å². The molecule has 0 fully saturated rings. The van der Waals surface area contributed by atoms with Gasteiger partial charge in [-0.15, -0.1) is 0 Å². The van der Waals surface area contributed by atoms with Crippen molar-refractivity contribution >= 4 is 27.5 Å². The lowest BCUT2D eigenvalue weighted by molar-refractivity contribution is -0.118. The second kappa shape index (κ2) is 8.99. The fraction of sp³-hybridized carbons (Fsp3) is 0.346. The molecule has 0 atom stereocenters. The summed E-state index contributed by atoms with van der Waals surface area (Å²) in [5.74, 6) is -0.530. The molecule has 0 spiro atoms. The van der Waals surface area contributed by atoms with Gasteiger partial charge in [0.15, 0.2) is 0 Å². The minimum atomic E-state index is -3.64. The third-order valence-corrected chi connectivity index (χ3v) is 7.69. The Hall–Kier alpha value is -2.57. The number of amides is 1. The Balaban J connectivity index is 1.97. The second-order valence-corrected chi connectivity index (χ2v) is 11.1. The Labute approximate surface area is 200 Å². The van der Waals surface area contributed by atoms with Crippen molar-refractivity contribution < 1.29 is 13.2 Å². The van der Waals surface area contributed by atoms with E-state index in [4.69, 9.17) is 11.6 Å². The Kier molecular flexibility index (Phi) is 6.43. The fourth-order valence-corrected chi connectivity index (χ4v) is 5.60. The van der Waals surface area contributed by atoms with Gasteiger partial charge in [0.2, 0.25) is 15.9 Å². The third-order valence-electron chi connectivity index (χ3n) is 6.84. The van der Waals surface area contributed by atoms with Gasteiger partial charge >= 0.3 is 0 Å². The predicted octanol–water partition coefficient (Wildman–Crippen LogP) is 5.46. The molecule has 2 heterocycles. The van der Waals surface area contributed by atoms with Crippen LogP contribution in [0.4, 0.5) is 0 Å². The fourth-order valence-electron chi connectivity index (χ4n) is 4.99. The first-order valence-corrected chi connectivity index (χ1v) is 13.5. The molecule has 1 aliphatic rings. The van der Waals surface area contributed by atoms with E-state index in [2.05, 4.69) is 35.3 Å². The van der Waals surface area contributed by atoms with Crippen molar-refractivity contribution in [1.29, 1.82) is 0 Å². The van der Waals surface area contributed by atoms with Crippen LogP contribution >= 0.6 is 11.6 Å². The summed E-state index contributed by atoms with van der Waals surface area (Å²) in [5, 5.41) is 0.638. The summed E-state index contributed by atoms with van der Waals surface area (Å²) in [4.78, 5) is 12.8. The number of nitrogens with zero attached hydrogens (tertiary/aromatic N) is 1.